The fourth-order valence-electron chi connectivity index (χ4n) is 0. The minimum absolute atomic E-state index is 0.833. The fourth-order valence-corrected chi connectivity index (χ4v) is 0. The molecule has 0 fully saturated rings. The van der Waals surface area contributed by atoms with Crippen molar-refractivity contribution in [2.24, 2.45) is 5.92 Å². The molecule has 0 aromatic heterocycles. The minimum Gasteiger partial charge on any atom is -0.103 e. The normalized spacial score (nSPS) is 7.25. The van der Waals surface area contributed by atoms with Gasteiger partial charge in [-0.15, -0.1) is 13.2 Å². The molecule has 0 bridgehead atoms. The summed E-state index contributed by atoms with van der Waals surface area (Å²) in [4.78, 5) is 0. The van der Waals surface area contributed by atoms with Crippen LogP contribution in [0.4, 0.5) is 0 Å². The van der Waals surface area contributed by atoms with Gasteiger partial charge in [-0.05, 0) is 26.2 Å². The second-order valence-corrected chi connectivity index (χ2v) is 3.64. The van der Waals surface area contributed by atoms with Gasteiger partial charge in [0.1, 0.15) is 0 Å². The molecule has 0 saturated heterocycles. The van der Waals surface area contributed by atoms with Crippen molar-refractivity contribution in [2.45, 2.75) is 48.0 Å². The SMILES string of the molecule is C=C(C)C.C=CCC.CC(C)C. The molecular formula is C12H26. The predicted octanol–water partition coefficient (Wildman–Crippen LogP) is 4.83. The van der Waals surface area contributed by atoms with Crippen LogP contribution in [0.5, 0.6) is 0 Å². The van der Waals surface area contributed by atoms with Crippen molar-refractivity contribution in [2.75, 3.05) is 0 Å². The number of allylic oxidation sites excluding steroid dienone is 2. The Labute approximate surface area is 79.4 Å². The molecule has 0 heterocycles. The molecule has 0 aliphatic carbocycles. The molecule has 74 valence electrons. The second-order valence-electron chi connectivity index (χ2n) is 3.64. The maximum atomic E-state index is 3.56. The first-order chi connectivity index (χ1) is 5.38. The molecule has 0 nitrogen and oxygen atoms in total. The van der Waals surface area contributed by atoms with Gasteiger partial charge in [0.15, 0.2) is 0 Å². The molecular weight excluding hydrogens is 144 g/mol. The number of rotatable bonds is 1. The van der Waals surface area contributed by atoms with Gasteiger partial charge in [-0.1, -0.05) is 39.3 Å². The molecule has 0 N–H and O–H groups in total. The smallest absolute Gasteiger partial charge is 0.0382 e. The lowest BCUT2D eigenvalue weighted by Gasteiger charge is -1.79. The van der Waals surface area contributed by atoms with E-state index in [9.17, 15) is 0 Å². The molecule has 0 aromatic rings. The summed E-state index contributed by atoms with van der Waals surface area (Å²) < 4.78 is 0. The van der Waals surface area contributed by atoms with Crippen LogP contribution in [0.3, 0.4) is 0 Å². The summed E-state index contributed by atoms with van der Waals surface area (Å²) in [6.45, 7) is 19.5. The lowest BCUT2D eigenvalue weighted by Crippen LogP contribution is -1.66. The zero-order valence-corrected chi connectivity index (χ0v) is 9.78. The standard InChI is InChI=1S/C4H10.2C4H8/c2*1-4(2)3;1-3-4-2/h4H,1-3H3;1H2,2-3H3;3H,1,4H2,2H3. The van der Waals surface area contributed by atoms with E-state index in [1.54, 1.807) is 0 Å². The van der Waals surface area contributed by atoms with Crippen molar-refractivity contribution >= 4 is 0 Å². The van der Waals surface area contributed by atoms with E-state index in [4.69, 9.17) is 0 Å². The van der Waals surface area contributed by atoms with E-state index < -0.39 is 0 Å². The van der Waals surface area contributed by atoms with Crippen molar-refractivity contribution < 1.29 is 0 Å². The van der Waals surface area contributed by atoms with E-state index in [1.807, 2.05) is 19.9 Å². The Morgan fingerprint density at radius 2 is 1.33 bits per heavy atom. The van der Waals surface area contributed by atoms with Crippen LogP contribution < -0.4 is 0 Å². The first-order valence-electron chi connectivity index (χ1n) is 4.61. The third-order valence-electron chi connectivity index (χ3n) is 0.289. The molecule has 0 atom stereocenters. The largest absolute Gasteiger partial charge is 0.103 e. The van der Waals surface area contributed by atoms with Crippen LogP contribution in [0.1, 0.15) is 48.0 Å². The fraction of sp³-hybridized carbons (Fsp3) is 0.667. The van der Waals surface area contributed by atoms with E-state index in [1.165, 1.54) is 5.57 Å². The van der Waals surface area contributed by atoms with E-state index in [-0.39, 0.29) is 0 Å². The molecule has 12 heavy (non-hydrogen) atoms. The van der Waals surface area contributed by atoms with Crippen LogP contribution in [0.15, 0.2) is 24.8 Å². The summed E-state index contributed by atoms with van der Waals surface area (Å²) in [6.07, 6.45) is 2.96. The highest BCUT2D eigenvalue weighted by Crippen LogP contribution is 1.81. The summed E-state index contributed by atoms with van der Waals surface area (Å²) in [5.74, 6) is 0.833. The molecule has 0 amide bonds. The second kappa shape index (κ2) is 16.8. The van der Waals surface area contributed by atoms with E-state index in [2.05, 4.69) is 40.9 Å². The van der Waals surface area contributed by atoms with Gasteiger partial charge in [-0.3, -0.25) is 0 Å². The molecule has 0 aliphatic heterocycles. The Balaban J connectivity index is -0.000000101. The lowest BCUT2D eigenvalue weighted by molar-refractivity contribution is 0.737. The monoisotopic (exact) mass is 170 g/mol. The first-order valence-corrected chi connectivity index (χ1v) is 4.61. The predicted molar refractivity (Wildman–Crippen MR) is 61.5 cm³/mol. The summed E-state index contributed by atoms with van der Waals surface area (Å²) >= 11 is 0. The highest BCUT2D eigenvalue weighted by Gasteiger charge is 1.68. The Bertz CT molecular complexity index is 81.5. The zero-order chi connectivity index (χ0) is 10.6. The quantitative estimate of drug-likeness (QED) is 0.495. The van der Waals surface area contributed by atoms with Gasteiger partial charge in [-0.2, -0.15) is 0 Å². The number of hydrogen-bond donors (Lipinski definition) is 0. The summed E-state index contributed by atoms with van der Waals surface area (Å²) in [6, 6.07) is 0. The third-order valence-corrected chi connectivity index (χ3v) is 0.289. The van der Waals surface area contributed by atoms with Crippen LogP contribution in [0.2, 0.25) is 0 Å². The third kappa shape index (κ3) is 2960. The van der Waals surface area contributed by atoms with E-state index in [0.29, 0.717) is 0 Å². The molecule has 0 radical (unpaired) electrons. The van der Waals surface area contributed by atoms with Gasteiger partial charge in [0.2, 0.25) is 0 Å². The highest BCUT2D eigenvalue weighted by atomic mass is 13.7. The van der Waals surface area contributed by atoms with Crippen molar-refractivity contribution in [3.63, 3.8) is 0 Å². The van der Waals surface area contributed by atoms with Crippen LogP contribution >= 0.6 is 0 Å². The van der Waals surface area contributed by atoms with Crippen molar-refractivity contribution in [3.05, 3.63) is 24.8 Å². The zero-order valence-electron chi connectivity index (χ0n) is 9.78. The molecule has 0 aliphatic rings. The van der Waals surface area contributed by atoms with E-state index >= 15 is 0 Å². The Morgan fingerprint density at radius 1 is 1.25 bits per heavy atom. The van der Waals surface area contributed by atoms with Gasteiger partial charge in [0.25, 0.3) is 0 Å². The Kier molecular flexibility index (Phi) is 24.6. The maximum Gasteiger partial charge on any atom is -0.0382 e. The average molecular weight is 170 g/mol. The van der Waals surface area contributed by atoms with Crippen LogP contribution in [0.25, 0.3) is 0 Å². The van der Waals surface area contributed by atoms with E-state index in [0.717, 1.165) is 12.3 Å². The Morgan fingerprint density at radius 3 is 1.33 bits per heavy atom. The molecule has 0 unspecified atom stereocenters. The van der Waals surface area contributed by atoms with Crippen LogP contribution in [0, 0.1) is 5.92 Å². The number of hydrogen-bond acceptors (Lipinski definition) is 0. The molecule has 0 heteroatoms. The van der Waals surface area contributed by atoms with Gasteiger partial charge < -0.3 is 0 Å². The van der Waals surface area contributed by atoms with Gasteiger partial charge >= 0.3 is 0 Å². The Hall–Kier alpha value is -0.520. The summed E-state index contributed by atoms with van der Waals surface area (Å²) in [7, 11) is 0. The molecule has 0 saturated carbocycles. The lowest BCUT2D eigenvalue weighted by atomic mass is 10.3. The van der Waals surface area contributed by atoms with Gasteiger partial charge in [0, 0.05) is 0 Å². The van der Waals surface area contributed by atoms with Crippen LogP contribution in [-0.2, 0) is 0 Å². The average Bonchev–Trinajstić information content (AvgIpc) is 1.85. The summed E-state index contributed by atoms with van der Waals surface area (Å²) in [5.41, 5.74) is 1.17. The first kappa shape index (κ1) is 17.5. The minimum atomic E-state index is 0.833. The topological polar surface area (TPSA) is 0 Å². The van der Waals surface area contributed by atoms with Crippen molar-refractivity contribution in [1.29, 1.82) is 0 Å². The molecule has 0 spiro atoms. The highest BCUT2D eigenvalue weighted by molar-refractivity contribution is 4.78. The molecule has 0 rings (SSSR count). The van der Waals surface area contributed by atoms with Crippen molar-refractivity contribution in [1.82, 2.24) is 0 Å². The molecule has 0 aromatic carbocycles. The van der Waals surface area contributed by atoms with Crippen LogP contribution in [-0.4, -0.2) is 0 Å². The van der Waals surface area contributed by atoms with Gasteiger partial charge in [0.05, 0.1) is 0 Å². The maximum absolute atomic E-state index is 3.56. The van der Waals surface area contributed by atoms with Crippen molar-refractivity contribution in [3.8, 4) is 0 Å². The summed E-state index contributed by atoms with van der Waals surface area (Å²) in [5, 5.41) is 0. The van der Waals surface area contributed by atoms with Gasteiger partial charge in [-0.25, -0.2) is 0 Å².